The zero-order chi connectivity index (χ0) is 19.6. The van der Waals surface area contributed by atoms with Gasteiger partial charge in [0.15, 0.2) is 5.69 Å². The average Bonchev–Trinajstić information content (AvgIpc) is 2.61. The number of anilines is 1. The Balaban J connectivity index is 2.04. The Hall–Kier alpha value is -2.84. The lowest BCUT2D eigenvalue weighted by Crippen LogP contribution is -2.20. The van der Waals surface area contributed by atoms with E-state index in [0.29, 0.717) is 11.2 Å². The van der Waals surface area contributed by atoms with Crippen LogP contribution in [0.15, 0.2) is 42.5 Å². The number of nitrogens with one attached hydrogen (secondary N) is 1. The SMILES string of the molecule is CC(C)Nc1c(C(N)=O)nnc2cc(-c3ccc(CS(=O)[O-])cc3)ccc12. The van der Waals surface area contributed by atoms with Crippen LogP contribution in [-0.2, 0) is 16.8 Å². The number of carbonyl (C=O) groups excluding carboxylic acids is 1. The molecule has 0 saturated heterocycles. The molecule has 7 nitrogen and oxygen atoms in total. The van der Waals surface area contributed by atoms with Crippen LogP contribution < -0.4 is 11.1 Å². The molecule has 8 heteroatoms. The normalized spacial score (nSPS) is 12.3. The molecule has 0 saturated carbocycles. The number of amides is 1. The fourth-order valence-electron chi connectivity index (χ4n) is 2.82. The van der Waals surface area contributed by atoms with Crippen LogP contribution in [-0.4, -0.2) is 30.9 Å². The smallest absolute Gasteiger partial charge is 0.271 e. The Morgan fingerprint density at radius 2 is 1.81 bits per heavy atom. The van der Waals surface area contributed by atoms with Gasteiger partial charge in [0, 0.05) is 17.2 Å². The molecule has 1 heterocycles. The zero-order valence-corrected chi connectivity index (χ0v) is 15.7. The van der Waals surface area contributed by atoms with Crippen LogP contribution in [0.4, 0.5) is 5.69 Å². The summed E-state index contributed by atoms with van der Waals surface area (Å²) in [4.78, 5) is 11.7. The summed E-state index contributed by atoms with van der Waals surface area (Å²) in [7, 11) is 0. The first-order valence-electron chi connectivity index (χ1n) is 8.37. The third-order valence-corrected chi connectivity index (χ3v) is 4.57. The average molecular weight is 383 g/mol. The predicted octanol–water partition coefficient (Wildman–Crippen LogP) is 2.60. The van der Waals surface area contributed by atoms with Crippen molar-refractivity contribution in [1.29, 1.82) is 0 Å². The highest BCUT2D eigenvalue weighted by molar-refractivity contribution is 7.78. The van der Waals surface area contributed by atoms with Gasteiger partial charge >= 0.3 is 0 Å². The number of hydrogen-bond donors (Lipinski definition) is 2. The van der Waals surface area contributed by atoms with Crippen LogP contribution in [0.5, 0.6) is 0 Å². The molecule has 3 N–H and O–H groups in total. The predicted molar refractivity (Wildman–Crippen MR) is 105 cm³/mol. The van der Waals surface area contributed by atoms with Gasteiger partial charge in [0.1, 0.15) is 0 Å². The van der Waals surface area contributed by atoms with Crippen LogP contribution in [0.25, 0.3) is 22.0 Å². The summed E-state index contributed by atoms with van der Waals surface area (Å²) in [6.45, 7) is 3.92. The Labute approximate surface area is 159 Å². The van der Waals surface area contributed by atoms with Gasteiger partial charge in [-0.15, -0.1) is 10.2 Å². The van der Waals surface area contributed by atoms with Crippen LogP contribution in [0, 0.1) is 0 Å². The van der Waals surface area contributed by atoms with E-state index in [1.54, 1.807) is 12.1 Å². The second-order valence-electron chi connectivity index (χ2n) is 6.46. The van der Waals surface area contributed by atoms with Crippen LogP contribution in [0.3, 0.4) is 0 Å². The van der Waals surface area contributed by atoms with Crippen LogP contribution >= 0.6 is 0 Å². The van der Waals surface area contributed by atoms with E-state index in [1.165, 1.54) is 0 Å². The van der Waals surface area contributed by atoms with Gasteiger partial charge in [-0.25, -0.2) is 0 Å². The van der Waals surface area contributed by atoms with Crippen molar-refractivity contribution in [1.82, 2.24) is 10.2 Å². The zero-order valence-electron chi connectivity index (χ0n) is 14.9. The van der Waals surface area contributed by atoms with Gasteiger partial charge in [-0.1, -0.05) is 41.4 Å². The molecule has 1 aromatic heterocycles. The minimum absolute atomic E-state index is 0.0103. The summed E-state index contributed by atoms with van der Waals surface area (Å²) in [6, 6.07) is 13.0. The van der Waals surface area contributed by atoms with E-state index in [4.69, 9.17) is 5.73 Å². The van der Waals surface area contributed by atoms with Gasteiger partial charge in [-0.05, 0) is 42.7 Å². The molecule has 0 spiro atoms. The van der Waals surface area contributed by atoms with Gasteiger partial charge in [0.25, 0.3) is 5.91 Å². The lowest BCUT2D eigenvalue weighted by Gasteiger charge is -2.15. The number of benzene rings is 2. The van der Waals surface area contributed by atoms with E-state index in [-0.39, 0.29) is 17.5 Å². The lowest BCUT2D eigenvalue weighted by atomic mass is 10.0. The molecule has 2 aromatic carbocycles. The minimum Gasteiger partial charge on any atom is -0.772 e. The first-order valence-corrected chi connectivity index (χ1v) is 9.61. The molecule has 27 heavy (non-hydrogen) atoms. The van der Waals surface area contributed by atoms with Gasteiger partial charge < -0.3 is 15.6 Å². The first-order chi connectivity index (χ1) is 12.8. The maximum absolute atomic E-state index is 11.7. The van der Waals surface area contributed by atoms with Crippen molar-refractivity contribution < 1.29 is 13.6 Å². The Morgan fingerprint density at radius 3 is 2.41 bits per heavy atom. The molecule has 0 aliphatic heterocycles. The summed E-state index contributed by atoms with van der Waals surface area (Å²) in [5, 5.41) is 12.1. The number of hydrogen-bond acceptors (Lipinski definition) is 6. The largest absolute Gasteiger partial charge is 0.772 e. The quantitative estimate of drug-likeness (QED) is 0.631. The number of nitrogens with two attached hydrogens (primary N) is 1. The Bertz CT molecular complexity index is 1020. The van der Waals surface area contributed by atoms with Gasteiger partial charge in [0.05, 0.1) is 11.2 Å². The lowest BCUT2D eigenvalue weighted by molar-refractivity contribution is 0.0995. The highest BCUT2D eigenvalue weighted by Gasteiger charge is 2.16. The summed E-state index contributed by atoms with van der Waals surface area (Å²) in [6.07, 6.45) is 0. The van der Waals surface area contributed by atoms with Crippen LogP contribution in [0.2, 0.25) is 0 Å². The molecule has 1 amide bonds. The highest BCUT2D eigenvalue weighted by Crippen LogP contribution is 2.29. The van der Waals surface area contributed by atoms with Crippen LogP contribution in [0.1, 0.15) is 29.9 Å². The molecular formula is C19H19N4O3S-. The van der Waals surface area contributed by atoms with E-state index in [2.05, 4.69) is 15.5 Å². The Kier molecular flexibility index (Phi) is 5.48. The number of nitrogens with zero attached hydrogens (tertiary/aromatic N) is 2. The second kappa shape index (κ2) is 7.81. The van der Waals surface area contributed by atoms with Gasteiger partial charge in [-0.2, -0.15) is 0 Å². The van der Waals surface area contributed by atoms with E-state index < -0.39 is 17.0 Å². The molecule has 0 aliphatic carbocycles. The Morgan fingerprint density at radius 1 is 1.15 bits per heavy atom. The van der Waals surface area contributed by atoms with Crippen molar-refractivity contribution >= 4 is 33.6 Å². The molecule has 0 aliphatic rings. The molecule has 3 aromatic rings. The van der Waals surface area contributed by atoms with Crippen molar-refractivity contribution in [2.45, 2.75) is 25.6 Å². The fraction of sp³-hybridized carbons (Fsp3) is 0.211. The van der Waals surface area contributed by atoms with Crippen molar-refractivity contribution in [3.05, 3.63) is 53.7 Å². The molecular weight excluding hydrogens is 364 g/mol. The molecule has 1 atom stereocenters. The third-order valence-electron chi connectivity index (χ3n) is 4.00. The maximum atomic E-state index is 11.7. The summed E-state index contributed by atoms with van der Waals surface area (Å²) in [5.41, 5.74) is 9.30. The van der Waals surface area contributed by atoms with E-state index in [1.807, 2.05) is 44.2 Å². The standard InChI is InChI=1S/C19H20N4O3S/c1-11(2)21-17-15-8-7-14(9-16(15)22-23-18(17)19(20)24)13-5-3-12(4-6-13)10-27(25)26/h3-9,11H,10H2,1-2H3,(H2,20,24)(H,21,22)(H,25,26)/p-1. The van der Waals surface area contributed by atoms with E-state index in [0.717, 1.165) is 22.1 Å². The van der Waals surface area contributed by atoms with Gasteiger partial charge in [-0.3, -0.25) is 9.00 Å². The molecule has 3 rings (SSSR count). The fourth-order valence-corrected chi connectivity index (χ4v) is 3.29. The summed E-state index contributed by atoms with van der Waals surface area (Å²) < 4.78 is 21.6. The molecule has 140 valence electrons. The number of carbonyl (C=O) groups is 1. The van der Waals surface area contributed by atoms with Crippen molar-refractivity contribution in [2.24, 2.45) is 5.73 Å². The van der Waals surface area contributed by atoms with Crippen molar-refractivity contribution in [3.8, 4) is 11.1 Å². The number of aromatic nitrogens is 2. The highest BCUT2D eigenvalue weighted by atomic mass is 32.2. The minimum atomic E-state index is -2.11. The third kappa shape index (κ3) is 4.29. The van der Waals surface area contributed by atoms with E-state index in [9.17, 15) is 13.6 Å². The molecule has 0 bridgehead atoms. The maximum Gasteiger partial charge on any atom is 0.271 e. The molecule has 0 fully saturated rings. The van der Waals surface area contributed by atoms with Crippen molar-refractivity contribution in [3.63, 3.8) is 0 Å². The number of fused-ring (bicyclic) bond motifs is 1. The van der Waals surface area contributed by atoms with Gasteiger partial charge in [0.2, 0.25) is 0 Å². The second-order valence-corrected chi connectivity index (χ2v) is 7.36. The molecule has 0 radical (unpaired) electrons. The summed E-state index contributed by atoms with van der Waals surface area (Å²) >= 11 is -2.11. The van der Waals surface area contributed by atoms with Crippen molar-refractivity contribution in [2.75, 3.05) is 5.32 Å². The first kappa shape index (κ1) is 18.9. The topological polar surface area (TPSA) is 121 Å². The van der Waals surface area contributed by atoms with E-state index >= 15 is 0 Å². The number of primary amides is 1. The summed E-state index contributed by atoms with van der Waals surface area (Å²) in [5.74, 6) is -0.646. The molecule has 1 unspecified atom stereocenters. The number of rotatable bonds is 6. The monoisotopic (exact) mass is 383 g/mol.